The predicted octanol–water partition coefficient (Wildman–Crippen LogP) is 2.06. The van der Waals surface area contributed by atoms with Crippen LogP contribution in [-0.4, -0.2) is 40.9 Å². The first-order chi connectivity index (χ1) is 11.7. The number of pyridine rings is 1. The van der Waals surface area contributed by atoms with Gasteiger partial charge in [-0.05, 0) is 31.5 Å². The number of rotatable bonds is 5. The highest BCUT2D eigenvalue weighted by atomic mass is 32.2. The van der Waals surface area contributed by atoms with Crippen molar-refractivity contribution < 1.29 is 22.0 Å². The summed E-state index contributed by atoms with van der Waals surface area (Å²) in [6.07, 6.45) is -0.833. The number of carbonyl (C=O) groups excluding carboxylic acids is 1. The SMILES string of the molecule is C[C@@]1(NC(=O)CCn2c(C(F)F)cc3cccnc32)CCS(=O)(=O)C1. The quantitative estimate of drug-likeness (QED) is 0.872. The Morgan fingerprint density at radius 3 is 2.88 bits per heavy atom. The van der Waals surface area contributed by atoms with Gasteiger partial charge in [0, 0.05) is 24.5 Å². The largest absolute Gasteiger partial charge is 0.350 e. The zero-order valence-corrected chi connectivity index (χ0v) is 14.5. The predicted molar refractivity (Wildman–Crippen MR) is 89.1 cm³/mol. The number of aromatic nitrogens is 2. The van der Waals surface area contributed by atoms with Crippen molar-refractivity contribution in [2.24, 2.45) is 0 Å². The molecule has 1 atom stereocenters. The number of nitrogens with zero attached hydrogens (tertiary/aromatic N) is 2. The van der Waals surface area contributed by atoms with Crippen LogP contribution in [0.15, 0.2) is 24.4 Å². The molecule has 0 spiro atoms. The molecule has 2 aromatic rings. The topological polar surface area (TPSA) is 81.1 Å². The minimum Gasteiger partial charge on any atom is -0.350 e. The molecule has 1 N–H and O–H groups in total. The van der Waals surface area contributed by atoms with E-state index in [0.717, 1.165) is 0 Å². The lowest BCUT2D eigenvalue weighted by atomic mass is 10.0. The van der Waals surface area contributed by atoms with Crippen molar-refractivity contribution in [2.75, 3.05) is 11.5 Å². The number of hydrogen-bond acceptors (Lipinski definition) is 4. The van der Waals surface area contributed by atoms with Crippen LogP contribution in [0.1, 0.15) is 31.9 Å². The second kappa shape index (κ2) is 6.36. The van der Waals surface area contributed by atoms with Crippen LogP contribution in [0.25, 0.3) is 11.0 Å². The molecule has 136 valence electrons. The first-order valence-electron chi connectivity index (χ1n) is 7.93. The molecule has 3 heterocycles. The minimum absolute atomic E-state index is 0.0320. The van der Waals surface area contributed by atoms with Crippen molar-refractivity contribution in [1.29, 1.82) is 0 Å². The lowest BCUT2D eigenvalue weighted by Gasteiger charge is -2.24. The van der Waals surface area contributed by atoms with Crippen LogP contribution in [0.2, 0.25) is 0 Å². The van der Waals surface area contributed by atoms with Gasteiger partial charge in [0.1, 0.15) is 5.65 Å². The van der Waals surface area contributed by atoms with Gasteiger partial charge in [-0.2, -0.15) is 0 Å². The van der Waals surface area contributed by atoms with E-state index in [9.17, 15) is 22.0 Å². The van der Waals surface area contributed by atoms with Crippen LogP contribution in [0.5, 0.6) is 0 Å². The van der Waals surface area contributed by atoms with E-state index < -0.39 is 21.8 Å². The van der Waals surface area contributed by atoms with Crippen molar-refractivity contribution in [2.45, 2.75) is 38.3 Å². The van der Waals surface area contributed by atoms with Crippen LogP contribution in [-0.2, 0) is 21.2 Å². The Balaban J connectivity index is 1.72. The zero-order valence-electron chi connectivity index (χ0n) is 13.7. The van der Waals surface area contributed by atoms with Crippen LogP contribution < -0.4 is 5.32 Å². The average Bonchev–Trinajstić information content (AvgIpc) is 3.02. The third-order valence-corrected chi connectivity index (χ3v) is 6.32. The van der Waals surface area contributed by atoms with E-state index in [0.29, 0.717) is 17.5 Å². The molecular weight excluding hydrogens is 352 g/mol. The second-order valence-electron chi connectivity index (χ2n) is 6.64. The van der Waals surface area contributed by atoms with Gasteiger partial charge in [-0.25, -0.2) is 22.2 Å². The summed E-state index contributed by atoms with van der Waals surface area (Å²) in [7, 11) is -3.13. The fourth-order valence-corrected chi connectivity index (χ4v) is 5.34. The molecule has 1 amide bonds. The molecule has 1 aliphatic rings. The Morgan fingerprint density at radius 1 is 1.48 bits per heavy atom. The molecule has 0 unspecified atom stereocenters. The number of carbonyl (C=O) groups is 1. The molecule has 2 aromatic heterocycles. The van der Waals surface area contributed by atoms with Gasteiger partial charge < -0.3 is 9.88 Å². The number of aryl methyl sites for hydroxylation is 1. The van der Waals surface area contributed by atoms with Crippen molar-refractivity contribution in [3.8, 4) is 0 Å². The lowest BCUT2D eigenvalue weighted by molar-refractivity contribution is -0.122. The number of nitrogens with one attached hydrogen (secondary N) is 1. The molecule has 1 saturated heterocycles. The number of alkyl halides is 2. The van der Waals surface area contributed by atoms with Gasteiger partial charge in [0.05, 0.1) is 22.7 Å². The minimum atomic E-state index is -3.13. The first-order valence-corrected chi connectivity index (χ1v) is 9.75. The Hall–Kier alpha value is -2.03. The van der Waals surface area contributed by atoms with Crippen molar-refractivity contribution >= 4 is 26.8 Å². The molecule has 0 bridgehead atoms. The third kappa shape index (κ3) is 3.81. The van der Waals surface area contributed by atoms with Gasteiger partial charge in [0.2, 0.25) is 5.91 Å². The summed E-state index contributed by atoms with van der Waals surface area (Å²) in [5.41, 5.74) is -0.574. The summed E-state index contributed by atoms with van der Waals surface area (Å²) in [5.74, 6) is -0.411. The molecule has 0 saturated carbocycles. The van der Waals surface area contributed by atoms with Gasteiger partial charge in [0.15, 0.2) is 9.84 Å². The smallest absolute Gasteiger partial charge is 0.278 e. The molecule has 9 heteroatoms. The normalized spacial score (nSPS) is 22.6. The van der Waals surface area contributed by atoms with Crippen LogP contribution in [0, 0.1) is 0 Å². The van der Waals surface area contributed by atoms with Gasteiger partial charge in [0.25, 0.3) is 6.43 Å². The number of halogens is 2. The maximum absolute atomic E-state index is 13.2. The fraction of sp³-hybridized carbons (Fsp3) is 0.500. The molecule has 6 nitrogen and oxygen atoms in total. The van der Waals surface area contributed by atoms with Gasteiger partial charge in [-0.15, -0.1) is 0 Å². The molecule has 0 aliphatic carbocycles. The Labute approximate surface area is 144 Å². The van der Waals surface area contributed by atoms with E-state index in [2.05, 4.69) is 10.3 Å². The number of amides is 1. The van der Waals surface area contributed by atoms with Crippen molar-refractivity contribution in [1.82, 2.24) is 14.9 Å². The Bertz CT molecular complexity index is 910. The monoisotopic (exact) mass is 371 g/mol. The van der Waals surface area contributed by atoms with E-state index in [1.165, 1.54) is 16.8 Å². The molecule has 25 heavy (non-hydrogen) atoms. The molecule has 3 rings (SSSR count). The summed E-state index contributed by atoms with van der Waals surface area (Å²) in [5, 5.41) is 3.32. The highest BCUT2D eigenvalue weighted by molar-refractivity contribution is 7.91. The van der Waals surface area contributed by atoms with E-state index in [1.807, 2.05) is 0 Å². The molecule has 1 aliphatic heterocycles. The van der Waals surface area contributed by atoms with Crippen molar-refractivity contribution in [3.05, 3.63) is 30.1 Å². The van der Waals surface area contributed by atoms with Crippen LogP contribution >= 0.6 is 0 Å². The van der Waals surface area contributed by atoms with Gasteiger partial charge >= 0.3 is 0 Å². The Kier molecular flexibility index (Phi) is 4.52. The second-order valence-corrected chi connectivity index (χ2v) is 8.82. The maximum atomic E-state index is 13.2. The summed E-state index contributed by atoms with van der Waals surface area (Å²) < 4.78 is 51.0. The molecule has 1 fully saturated rings. The maximum Gasteiger partial charge on any atom is 0.278 e. The van der Waals surface area contributed by atoms with Crippen LogP contribution in [0.4, 0.5) is 8.78 Å². The highest BCUT2D eigenvalue weighted by Crippen LogP contribution is 2.27. The molecular formula is C16H19F2N3O3S. The average molecular weight is 371 g/mol. The Morgan fingerprint density at radius 2 is 2.24 bits per heavy atom. The summed E-state index contributed by atoms with van der Waals surface area (Å²) in [6, 6.07) is 4.72. The highest BCUT2D eigenvalue weighted by Gasteiger charge is 2.39. The van der Waals surface area contributed by atoms with Crippen molar-refractivity contribution in [3.63, 3.8) is 0 Å². The van der Waals surface area contributed by atoms with E-state index in [4.69, 9.17) is 0 Å². The number of hydrogen-bond donors (Lipinski definition) is 1. The summed E-state index contributed by atoms with van der Waals surface area (Å²) >= 11 is 0. The van der Waals surface area contributed by atoms with Crippen LogP contribution in [0.3, 0.4) is 0 Å². The van der Waals surface area contributed by atoms with E-state index >= 15 is 0 Å². The van der Waals surface area contributed by atoms with Gasteiger partial charge in [-0.3, -0.25) is 4.79 Å². The zero-order chi connectivity index (χ0) is 18.2. The fourth-order valence-electron chi connectivity index (χ4n) is 3.24. The summed E-state index contributed by atoms with van der Waals surface area (Å²) in [6.45, 7) is 1.74. The number of fused-ring (bicyclic) bond motifs is 1. The molecule has 0 aromatic carbocycles. The summed E-state index contributed by atoms with van der Waals surface area (Å²) in [4.78, 5) is 16.3. The number of sulfone groups is 1. The standard InChI is InChI=1S/C16H19F2N3O3S/c1-16(5-8-25(23,24)10-16)20-13(22)4-7-21-12(14(17)18)9-11-3-2-6-19-15(11)21/h2-3,6,9,14H,4-5,7-8,10H2,1H3,(H,20,22)/t16-/m1/s1. The lowest BCUT2D eigenvalue weighted by Crippen LogP contribution is -2.47. The van der Waals surface area contributed by atoms with Gasteiger partial charge in [-0.1, -0.05) is 0 Å². The van der Waals surface area contributed by atoms with E-state index in [1.54, 1.807) is 19.1 Å². The first kappa shape index (κ1) is 17.8. The third-order valence-electron chi connectivity index (χ3n) is 4.42. The molecule has 0 radical (unpaired) electrons. The van der Waals surface area contributed by atoms with E-state index in [-0.39, 0.29) is 36.1 Å².